The second kappa shape index (κ2) is 9.68. The van der Waals surface area contributed by atoms with Crippen molar-refractivity contribution < 1.29 is 31.2 Å². The Morgan fingerprint density at radius 1 is 0.824 bits per heavy atom. The van der Waals surface area contributed by atoms with Crippen LogP contribution in [0.2, 0.25) is 10.0 Å². The van der Waals surface area contributed by atoms with Gasteiger partial charge in [0.15, 0.2) is 23.3 Å². The summed E-state index contributed by atoms with van der Waals surface area (Å²) in [4.78, 5) is 14.9. The summed E-state index contributed by atoms with van der Waals surface area (Å²) in [5.74, 6) is -9.54. The molecule has 2 heterocycles. The van der Waals surface area contributed by atoms with Gasteiger partial charge in [0.1, 0.15) is 17.2 Å². The number of furan rings is 1. The third-order valence-electron chi connectivity index (χ3n) is 5.26. The Balaban J connectivity index is 1.41. The number of benzene rings is 2. The van der Waals surface area contributed by atoms with E-state index in [1.165, 1.54) is 17.1 Å². The highest BCUT2D eigenvalue weighted by Crippen LogP contribution is 2.31. The highest BCUT2D eigenvalue weighted by Gasteiger charge is 2.31. The number of hydrogen-bond acceptors (Lipinski definition) is 3. The minimum Gasteiger partial charge on any atom is -0.457 e. The Kier molecular flexibility index (Phi) is 6.86. The third-order valence-corrected chi connectivity index (χ3v) is 5.69. The molecule has 1 aliphatic rings. The Hall–Kier alpha value is -3.04. The Morgan fingerprint density at radius 2 is 1.38 bits per heavy atom. The molecular formula is C23H15Cl2F5N2O2. The van der Waals surface area contributed by atoms with Gasteiger partial charge in [0, 0.05) is 47.9 Å². The van der Waals surface area contributed by atoms with Gasteiger partial charge >= 0.3 is 0 Å². The average Bonchev–Trinajstić information content (AvgIpc) is 3.29. The molecule has 4 rings (SSSR count). The average molecular weight is 517 g/mol. The van der Waals surface area contributed by atoms with Crippen molar-refractivity contribution in [1.82, 2.24) is 4.90 Å². The van der Waals surface area contributed by atoms with Crippen LogP contribution >= 0.6 is 23.2 Å². The van der Waals surface area contributed by atoms with Crippen molar-refractivity contribution in [1.29, 1.82) is 0 Å². The van der Waals surface area contributed by atoms with Crippen LogP contribution < -0.4 is 4.90 Å². The first-order valence-electron chi connectivity index (χ1n) is 9.95. The number of amides is 1. The van der Waals surface area contributed by atoms with E-state index in [4.69, 9.17) is 27.6 Å². The van der Waals surface area contributed by atoms with E-state index in [-0.39, 0.29) is 26.2 Å². The number of halogens is 7. The van der Waals surface area contributed by atoms with Crippen molar-refractivity contribution in [2.24, 2.45) is 0 Å². The lowest BCUT2D eigenvalue weighted by atomic mass is 10.2. The summed E-state index contributed by atoms with van der Waals surface area (Å²) in [6.45, 7) is -0.184. The van der Waals surface area contributed by atoms with Gasteiger partial charge in [-0.25, -0.2) is 22.0 Å². The number of rotatable bonds is 4. The fourth-order valence-electron chi connectivity index (χ4n) is 3.57. The van der Waals surface area contributed by atoms with Gasteiger partial charge in [-0.1, -0.05) is 23.2 Å². The molecule has 1 aromatic heterocycles. The van der Waals surface area contributed by atoms with Crippen LogP contribution in [0, 0.1) is 29.1 Å². The van der Waals surface area contributed by atoms with Crippen molar-refractivity contribution in [2.45, 2.75) is 0 Å². The highest BCUT2D eigenvalue weighted by molar-refractivity contribution is 6.35. The van der Waals surface area contributed by atoms with Crippen molar-refractivity contribution in [3.63, 3.8) is 0 Å². The molecule has 1 saturated heterocycles. The summed E-state index contributed by atoms with van der Waals surface area (Å²) in [6, 6.07) is 8.27. The van der Waals surface area contributed by atoms with Crippen LogP contribution in [-0.4, -0.2) is 37.0 Å². The molecule has 0 spiro atoms. The summed E-state index contributed by atoms with van der Waals surface area (Å²) in [7, 11) is 0. The van der Waals surface area contributed by atoms with Crippen LogP contribution in [0.5, 0.6) is 0 Å². The molecule has 0 radical (unpaired) electrons. The Bertz CT molecular complexity index is 1240. The van der Waals surface area contributed by atoms with Gasteiger partial charge < -0.3 is 14.2 Å². The standard InChI is InChI=1S/C23H15Cl2F5N2O2/c24-13-9-12(10-14(25)11-13)16-3-1-15(34-16)2-4-17(33)31-5-7-32(8-6-31)23-21(29)19(27)18(26)20(28)22(23)30/h1-4,9-11H,5-8H2/b4-2+. The quantitative estimate of drug-likeness (QED) is 0.176. The molecule has 0 saturated carbocycles. The maximum absolute atomic E-state index is 14.0. The molecule has 1 aliphatic heterocycles. The zero-order valence-corrected chi connectivity index (χ0v) is 18.7. The zero-order chi connectivity index (χ0) is 24.6. The van der Waals surface area contributed by atoms with Crippen LogP contribution in [0.1, 0.15) is 5.76 Å². The molecule has 0 aliphatic carbocycles. The topological polar surface area (TPSA) is 36.7 Å². The number of hydrogen-bond donors (Lipinski definition) is 0. The molecule has 0 atom stereocenters. The van der Waals surface area contributed by atoms with E-state index in [1.807, 2.05) is 0 Å². The van der Waals surface area contributed by atoms with Gasteiger partial charge in [-0.3, -0.25) is 4.79 Å². The molecule has 0 N–H and O–H groups in total. The molecule has 11 heteroatoms. The van der Waals surface area contributed by atoms with Gasteiger partial charge in [-0.05, 0) is 36.4 Å². The van der Waals surface area contributed by atoms with Crippen molar-refractivity contribution in [3.05, 3.63) is 81.3 Å². The van der Waals surface area contributed by atoms with E-state index in [2.05, 4.69) is 0 Å². The predicted octanol–water partition coefficient (Wildman–Crippen LogP) is 6.31. The number of carbonyl (C=O) groups is 1. The Labute approximate surface area is 200 Å². The second-order valence-corrected chi connectivity index (χ2v) is 8.30. The smallest absolute Gasteiger partial charge is 0.246 e. The van der Waals surface area contributed by atoms with E-state index in [9.17, 15) is 26.7 Å². The predicted molar refractivity (Wildman–Crippen MR) is 118 cm³/mol. The Morgan fingerprint density at radius 3 is 1.97 bits per heavy atom. The van der Waals surface area contributed by atoms with E-state index >= 15 is 0 Å². The molecule has 3 aromatic rings. The molecule has 1 amide bonds. The van der Waals surface area contributed by atoms with Crippen molar-refractivity contribution in [3.8, 4) is 11.3 Å². The number of nitrogens with zero attached hydrogens (tertiary/aromatic N) is 2. The van der Waals surface area contributed by atoms with E-state index in [0.29, 0.717) is 27.1 Å². The highest BCUT2D eigenvalue weighted by atomic mass is 35.5. The normalized spacial score (nSPS) is 14.3. The van der Waals surface area contributed by atoms with Crippen LogP contribution in [0.15, 0.2) is 40.8 Å². The first-order valence-corrected chi connectivity index (χ1v) is 10.7. The maximum Gasteiger partial charge on any atom is 0.246 e. The van der Waals surface area contributed by atoms with Gasteiger partial charge in [0.05, 0.1) is 0 Å². The van der Waals surface area contributed by atoms with E-state index in [0.717, 1.165) is 4.90 Å². The fourth-order valence-corrected chi connectivity index (χ4v) is 4.10. The maximum atomic E-state index is 14.0. The monoisotopic (exact) mass is 516 g/mol. The minimum atomic E-state index is -2.21. The molecule has 0 bridgehead atoms. The fraction of sp³-hybridized carbons (Fsp3) is 0.174. The summed E-state index contributed by atoms with van der Waals surface area (Å²) >= 11 is 12.0. The van der Waals surface area contributed by atoms with Gasteiger partial charge in [-0.15, -0.1) is 0 Å². The third kappa shape index (κ3) is 4.76. The molecule has 34 heavy (non-hydrogen) atoms. The lowest BCUT2D eigenvalue weighted by Crippen LogP contribution is -2.49. The van der Waals surface area contributed by atoms with Crippen LogP contribution in [0.3, 0.4) is 0 Å². The summed E-state index contributed by atoms with van der Waals surface area (Å²) in [5.41, 5.74) is -0.337. The lowest BCUT2D eigenvalue weighted by Gasteiger charge is -2.36. The van der Waals surface area contributed by atoms with Gasteiger partial charge in [0.2, 0.25) is 11.7 Å². The molecule has 4 nitrogen and oxygen atoms in total. The summed E-state index contributed by atoms with van der Waals surface area (Å²) in [5, 5.41) is 0.882. The largest absolute Gasteiger partial charge is 0.457 e. The zero-order valence-electron chi connectivity index (χ0n) is 17.2. The molecule has 1 fully saturated rings. The van der Waals surface area contributed by atoms with Gasteiger partial charge in [-0.2, -0.15) is 0 Å². The molecule has 2 aromatic carbocycles. The van der Waals surface area contributed by atoms with Crippen LogP contribution in [0.25, 0.3) is 17.4 Å². The number of piperazine rings is 1. The van der Waals surface area contributed by atoms with E-state index in [1.54, 1.807) is 30.3 Å². The molecule has 178 valence electrons. The van der Waals surface area contributed by atoms with Crippen LogP contribution in [0.4, 0.5) is 27.6 Å². The minimum absolute atomic E-state index is 0.0209. The van der Waals surface area contributed by atoms with E-state index < -0.39 is 40.7 Å². The second-order valence-electron chi connectivity index (χ2n) is 7.42. The molecular weight excluding hydrogens is 502 g/mol. The SMILES string of the molecule is O=C(/C=C/c1ccc(-c2cc(Cl)cc(Cl)c2)o1)N1CCN(c2c(F)c(F)c(F)c(F)c2F)CC1. The van der Waals surface area contributed by atoms with Crippen LogP contribution in [-0.2, 0) is 4.79 Å². The number of carbonyl (C=O) groups excluding carboxylic acids is 1. The first kappa shape index (κ1) is 24.1. The van der Waals surface area contributed by atoms with Crippen molar-refractivity contribution in [2.75, 3.05) is 31.1 Å². The van der Waals surface area contributed by atoms with Crippen molar-refractivity contribution >= 4 is 40.9 Å². The van der Waals surface area contributed by atoms with Gasteiger partial charge in [0.25, 0.3) is 0 Å². The number of anilines is 1. The first-order chi connectivity index (χ1) is 16.2. The summed E-state index contributed by atoms with van der Waals surface area (Å²) in [6.07, 6.45) is 2.72. The summed E-state index contributed by atoms with van der Waals surface area (Å²) < 4.78 is 74.0. The molecule has 0 unspecified atom stereocenters. The lowest BCUT2D eigenvalue weighted by molar-refractivity contribution is -0.126.